The number of rotatable bonds is 5. The van der Waals surface area contributed by atoms with Crippen LogP contribution in [0.5, 0.6) is 0 Å². The molecule has 0 radical (unpaired) electrons. The van der Waals surface area contributed by atoms with Crippen LogP contribution in [0.1, 0.15) is 18.5 Å². The summed E-state index contributed by atoms with van der Waals surface area (Å²) in [5.74, 6) is 0.418. The van der Waals surface area contributed by atoms with Gasteiger partial charge in [0.1, 0.15) is 0 Å². The van der Waals surface area contributed by atoms with E-state index in [0.29, 0.717) is 19.0 Å². The average Bonchev–Trinajstić information content (AvgIpc) is 2.98. The number of carbonyl (C=O) groups excluding carboxylic acids is 2. The Balaban J connectivity index is 0.00000261. The number of hydrogen-bond acceptors (Lipinski definition) is 3. The van der Waals surface area contributed by atoms with Gasteiger partial charge in [-0.25, -0.2) is 4.79 Å². The number of halogens is 1. The number of nitrogens with one attached hydrogen (secondary N) is 3. The molecule has 1 saturated heterocycles. The molecular formula is C19H24IN5O2. The molecule has 1 unspecified atom stereocenters. The zero-order chi connectivity index (χ0) is 18.5. The van der Waals surface area contributed by atoms with E-state index in [1.807, 2.05) is 18.2 Å². The predicted molar refractivity (Wildman–Crippen MR) is 117 cm³/mol. The molecule has 1 heterocycles. The Morgan fingerprint density at radius 1 is 1.22 bits per heavy atom. The van der Waals surface area contributed by atoms with Crippen molar-refractivity contribution in [2.24, 2.45) is 4.99 Å². The van der Waals surface area contributed by atoms with Crippen LogP contribution in [0.25, 0.3) is 10.8 Å². The second kappa shape index (κ2) is 9.54. The van der Waals surface area contributed by atoms with Crippen LogP contribution in [-0.4, -0.2) is 49.5 Å². The summed E-state index contributed by atoms with van der Waals surface area (Å²) < 4.78 is 0. The predicted octanol–water partition coefficient (Wildman–Crippen LogP) is 2.24. The van der Waals surface area contributed by atoms with Gasteiger partial charge >= 0.3 is 6.03 Å². The summed E-state index contributed by atoms with van der Waals surface area (Å²) in [5.41, 5.74) is 1.18. The van der Waals surface area contributed by atoms with Crippen LogP contribution >= 0.6 is 24.0 Å². The molecular weight excluding hydrogens is 457 g/mol. The van der Waals surface area contributed by atoms with Crippen molar-refractivity contribution in [3.63, 3.8) is 0 Å². The van der Waals surface area contributed by atoms with Crippen molar-refractivity contribution in [1.29, 1.82) is 0 Å². The maximum absolute atomic E-state index is 11.6. The SMILES string of the molecule is CN=C(NCCN1C(=O)CNC1=O)NC(C)c1cccc2ccccc12.I. The van der Waals surface area contributed by atoms with E-state index >= 15 is 0 Å². The van der Waals surface area contributed by atoms with Crippen molar-refractivity contribution in [2.45, 2.75) is 13.0 Å². The fourth-order valence-corrected chi connectivity index (χ4v) is 3.07. The number of urea groups is 1. The van der Waals surface area contributed by atoms with E-state index in [-0.39, 0.29) is 48.5 Å². The minimum atomic E-state index is -0.344. The summed E-state index contributed by atoms with van der Waals surface area (Å²) in [5, 5.41) is 11.4. The van der Waals surface area contributed by atoms with Crippen LogP contribution in [0, 0.1) is 0 Å². The number of aliphatic imine (C=N–C) groups is 1. The summed E-state index contributed by atoms with van der Waals surface area (Å²) in [6, 6.07) is 14.2. The van der Waals surface area contributed by atoms with Gasteiger partial charge in [-0.05, 0) is 23.3 Å². The van der Waals surface area contributed by atoms with Gasteiger partial charge < -0.3 is 16.0 Å². The highest BCUT2D eigenvalue weighted by Gasteiger charge is 2.27. The van der Waals surface area contributed by atoms with Gasteiger partial charge in [-0.15, -0.1) is 24.0 Å². The smallest absolute Gasteiger partial charge is 0.324 e. The molecule has 1 fully saturated rings. The molecule has 144 valence electrons. The molecule has 1 atom stereocenters. The lowest BCUT2D eigenvalue weighted by Crippen LogP contribution is -2.43. The van der Waals surface area contributed by atoms with Gasteiger partial charge in [0.25, 0.3) is 0 Å². The van der Waals surface area contributed by atoms with Crippen LogP contribution in [-0.2, 0) is 4.79 Å². The maximum atomic E-state index is 11.6. The third-order valence-corrected chi connectivity index (χ3v) is 4.43. The number of benzene rings is 2. The lowest BCUT2D eigenvalue weighted by Gasteiger charge is -2.20. The Kier molecular flexibility index (Phi) is 7.40. The van der Waals surface area contributed by atoms with E-state index in [2.05, 4.69) is 52.1 Å². The zero-order valence-corrected chi connectivity index (χ0v) is 17.7. The lowest BCUT2D eigenvalue weighted by molar-refractivity contribution is -0.124. The normalized spacial score (nSPS) is 15.3. The van der Waals surface area contributed by atoms with Crippen LogP contribution in [0.3, 0.4) is 0 Å². The van der Waals surface area contributed by atoms with Crippen molar-refractivity contribution < 1.29 is 9.59 Å². The summed E-state index contributed by atoms with van der Waals surface area (Å²) >= 11 is 0. The van der Waals surface area contributed by atoms with E-state index in [9.17, 15) is 9.59 Å². The van der Waals surface area contributed by atoms with Gasteiger partial charge in [0.15, 0.2) is 5.96 Å². The fourth-order valence-electron chi connectivity index (χ4n) is 3.07. The molecule has 3 rings (SSSR count). The quantitative estimate of drug-likeness (QED) is 0.265. The monoisotopic (exact) mass is 481 g/mol. The summed E-state index contributed by atoms with van der Waals surface area (Å²) in [4.78, 5) is 28.6. The Morgan fingerprint density at radius 2 is 1.96 bits per heavy atom. The van der Waals surface area contributed by atoms with Gasteiger partial charge in [-0.1, -0.05) is 42.5 Å². The third-order valence-electron chi connectivity index (χ3n) is 4.43. The molecule has 0 spiro atoms. The highest BCUT2D eigenvalue weighted by molar-refractivity contribution is 14.0. The first-order valence-corrected chi connectivity index (χ1v) is 8.63. The first-order valence-electron chi connectivity index (χ1n) is 8.63. The largest absolute Gasteiger partial charge is 0.355 e. The van der Waals surface area contributed by atoms with Gasteiger partial charge in [-0.2, -0.15) is 0 Å². The van der Waals surface area contributed by atoms with Gasteiger partial charge in [-0.3, -0.25) is 14.7 Å². The number of guanidine groups is 1. The Morgan fingerprint density at radius 3 is 2.67 bits per heavy atom. The van der Waals surface area contributed by atoms with Crippen molar-refractivity contribution in [1.82, 2.24) is 20.9 Å². The van der Waals surface area contributed by atoms with E-state index in [0.717, 1.165) is 0 Å². The van der Waals surface area contributed by atoms with E-state index in [4.69, 9.17) is 0 Å². The minimum absolute atomic E-state index is 0. The summed E-state index contributed by atoms with van der Waals surface area (Å²) in [6.07, 6.45) is 0. The molecule has 1 aliphatic rings. The number of amides is 3. The summed E-state index contributed by atoms with van der Waals surface area (Å²) in [6.45, 7) is 2.88. The van der Waals surface area contributed by atoms with Crippen LogP contribution in [0.15, 0.2) is 47.5 Å². The van der Waals surface area contributed by atoms with Crippen LogP contribution in [0.2, 0.25) is 0 Å². The molecule has 3 N–H and O–H groups in total. The Bertz CT molecular complexity index is 834. The molecule has 8 heteroatoms. The fraction of sp³-hybridized carbons (Fsp3) is 0.316. The van der Waals surface area contributed by atoms with E-state index in [1.165, 1.54) is 21.2 Å². The Labute approximate surface area is 175 Å². The second-order valence-electron chi connectivity index (χ2n) is 6.14. The van der Waals surface area contributed by atoms with Gasteiger partial charge in [0.2, 0.25) is 5.91 Å². The maximum Gasteiger partial charge on any atom is 0.324 e. The molecule has 1 aliphatic heterocycles. The number of imide groups is 1. The van der Waals surface area contributed by atoms with Gasteiger partial charge in [0.05, 0.1) is 12.6 Å². The summed E-state index contributed by atoms with van der Waals surface area (Å²) in [7, 11) is 1.69. The van der Waals surface area contributed by atoms with Crippen molar-refractivity contribution in [2.75, 3.05) is 26.7 Å². The standard InChI is InChI=1S/C19H23N5O2.HI/c1-13(15-9-5-7-14-6-3-4-8-16(14)15)23-18(20-2)21-10-11-24-17(25)12-22-19(24)26;/h3-9,13H,10-12H2,1-2H3,(H,22,26)(H2,20,21,23);1H. The van der Waals surface area contributed by atoms with Crippen molar-refractivity contribution in [3.05, 3.63) is 48.0 Å². The molecule has 7 nitrogen and oxygen atoms in total. The van der Waals surface area contributed by atoms with E-state index in [1.54, 1.807) is 7.05 Å². The number of hydrogen-bond donors (Lipinski definition) is 3. The van der Waals surface area contributed by atoms with Crippen LogP contribution < -0.4 is 16.0 Å². The molecule has 0 aliphatic carbocycles. The topological polar surface area (TPSA) is 85.8 Å². The minimum Gasteiger partial charge on any atom is -0.355 e. The second-order valence-corrected chi connectivity index (χ2v) is 6.14. The van der Waals surface area contributed by atoms with E-state index < -0.39 is 0 Å². The first kappa shape index (κ1) is 20.9. The first-order chi connectivity index (χ1) is 12.6. The molecule has 2 aromatic carbocycles. The number of fused-ring (bicyclic) bond motifs is 1. The van der Waals surface area contributed by atoms with Crippen LogP contribution in [0.4, 0.5) is 4.79 Å². The molecule has 0 aromatic heterocycles. The molecule has 3 amide bonds. The number of nitrogens with zero attached hydrogens (tertiary/aromatic N) is 2. The molecule has 2 aromatic rings. The average molecular weight is 481 g/mol. The molecule has 0 bridgehead atoms. The molecule has 27 heavy (non-hydrogen) atoms. The number of carbonyl (C=O) groups is 2. The lowest BCUT2D eigenvalue weighted by atomic mass is 10.00. The highest BCUT2D eigenvalue weighted by atomic mass is 127. The van der Waals surface area contributed by atoms with Crippen molar-refractivity contribution in [3.8, 4) is 0 Å². The Hall–Kier alpha value is -2.36. The zero-order valence-electron chi connectivity index (χ0n) is 15.4. The van der Waals surface area contributed by atoms with Crippen molar-refractivity contribution >= 4 is 52.6 Å². The molecule has 0 saturated carbocycles. The van der Waals surface area contributed by atoms with Gasteiger partial charge in [0, 0.05) is 20.1 Å². The highest BCUT2D eigenvalue weighted by Crippen LogP contribution is 2.23. The third kappa shape index (κ3) is 4.88.